The van der Waals surface area contributed by atoms with Crippen molar-refractivity contribution >= 4 is 23.2 Å². The monoisotopic (exact) mass is 451 g/mol. The molecule has 3 heterocycles. The third-order valence-electron chi connectivity index (χ3n) is 5.20. The van der Waals surface area contributed by atoms with Gasteiger partial charge in [0.1, 0.15) is 18.3 Å². The Morgan fingerprint density at radius 3 is 2.22 bits per heavy atom. The van der Waals surface area contributed by atoms with Gasteiger partial charge in [0.15, 0.2) is 24.0 Å². The molecule has 0 radical (unpaired) electrons. The van der Waals surface area contributed by atoms with Gasteiger partial charge >= 0.3 is 0 Å². The van der Waals surface area contributed by atoms with Crippen LogP contribution in [0.1, 0.15) is 27.7 Å². The first-order valence-electron chi connectivity index (χ1n) is 10.1. The lowest BCUT2D eigenvalue weighted by atomic mass is 9.98. The number of hydrogen-bond acceptors (Lipinski definition) is 9. The molecule has 3 aliphatic heterocycles. The number of fused-ring (bicyclic) bond motifs is 3. The zero-order chi connectivity index (χ0) is 23.3. The van der Waals surface area contributed by atoms with E-state index in [2.05, 4.69) is 10.6 Å². The maximum Gasteiger partial charge on any atom is 0.269 e. The molecular weight excluding hydrogens is 426 g/mol. The van der Waals surface area contributed by atoms with Crippen LogP contribution in [-0.2, 0) is 33.3 Å². The first-order valence-corrected chi connectivity index (χ1v) is 10.1. The number of rotatable bonds is 5. The van der Waals surface area contributed by atoms with Crippen molar-refractivity contribution in [1.82, 2.24) is 5.32 Å². The normalized spacial score (nSPS) is 31.9. The summed E-state index contributed by atoms with van der Waals surface area (Å²) in [7, 11) is 0. The quantitative estimate of drug-likeness (QED) is 0.495. The van der Waals surface area contributed by atoms with Gasteiger partial charge < -0.3 is 34.3 Å². The molecule has 3 aliphatic rings. The van der Waals surface area contributed by atoms with Crippen LogP contribution in [0.5, 0.6) is 0 Å². The van der Waals surface area contributed by atoms with E-state index < -0.39 is 59.0 Å². The fourth-order valence-electron chi connectivity index (χ4n) is 3.96. The number of anilines is 1. The minimum absolute atomic E-state index is 0.0957. The summed E-state index contributed by atoms with van der Waals surface area (Å²) < 4.78 is 29.3. The molecule has 1 aromatic rings. The zero-order valence-electron chi connectivity index (χ0n) is 18.0. The van der Waals surface area contributed by atoms with E-state index in [1.54, 1.807) is 27.7 Å². The van der Waals surface area contributed by atoms with Gasteiger partial charge in [0.2, 0.25) is 5.91 Å². The largest absolute Gasteiger partial charge is 0.345 e. The highest BCUT2D eigenvalue weighted by Gasteiger charge is 2.62. The van der Waals surface area contributed by atoms with E-state index >= 15 is 0 Å². The van der Waals surface area contributed by atoms with Crippen molar-refractivity contribution in [3.8, 4) is 0 Å². The number of nitro benzene ring substituents is 1. The van der Waals surface area contributed by atoms with Gasteiger partial charge in [-0.15, -0.1) is 0 Å². The average Bonchev–Trinajstić information content (AvgIpc) is 3.19. The van der Waals surface area contributed by atoms with Crippen molar-refractivity contribution in [3.63, 3.8) is 0 Å². The number of nitrogens with zero attached hydrogens (tertiary/aromatic N) is 1. The summed E-state index contributed by atoms with van der Waals surface area (Å²) in [6, 6.07) is 5.34. The number of nitrogens with one attached hydrogen (secondary N) is 2. The van der Waals surface area contributed by atoms with E-state index in [0.29, 0.717) is 5.69 Å². The fourth-order valence-corrected chi connectivity index (χ4v) is 3.96. The molecule has 174 valence electrons. The molecule has 0 saturated carbocycles. The molecule has 3 fully saturated rings. The highest BCUT2D eigenvalue weighted by atomic mass is 16.9. The van der Waals surface area contributed by atoms with Crippen molar-refractivity contribution in [2.75, 3.05) is 11.9 Å². The van der Waals surface area contributed by atoms with E-state index in [4.69, 9.17) is 23.7 Å². The molecule has 2 N–H and O–H groups in total. The molecule has 3 saturated heterocycles. The topological polar surface area (TPSA) is 147 Å². The van der Waals surface area contributed by atoms with Gasteiger partial charge in [-0.25, -0.2) is 0 Å². The summed E-state index contributed by atoms with van der Waals surface area (Å²) in [6.07, 6.45) is -3.80. The predicted molar refractivity (Wildman–Crippen MR) is 107 cm³/mol. The van der Waals surface area contributed by atoms with Crippen LogP contribution in [0.15, 0.2) is 24.3 Å². The second kappa shape index (κ2) is 8.05. The van der Waals surface area contributed by atoms with Gasteiger partial charge in [-0.3, -0.25) is 19.7 Å². The van der Waals surface area contributed by atoms with Crippen molar-refractivity contribution in [2.24, 2.45) is 0 Å². The summed E-state index contributed by atoms with van der Waals surface area (Å²) in [6.45, 7) is 6.60. The lowest BCUT2D eigenvalue weighted by molar-refractivity contribution is -0.384. The summed E-state index contributed by atoms with van der Waals surface area (Å²) >= 11 is 0. The Hall–Kier alpha value is -2.64. The molecule has 12 nitrogen and oxygen atoms in total. The van der Waals surface area contributed by atoms with Crippen LogP contribution >= 0.6 is 0 Å². The van der Waals surface area contributed by atoms with Crippen LogP contribution in [0.4, 0.5) is 11.4 Å². The zero-order valence-corrected chi connectivity index (χ0v) is 18.0. The Morgan fingerprint density at radius 2 is 1.56 bits per heavy atom. The Labute approximate surface area is 183 Å². The Bertz CT molecular complexity index is 917. The van der Waals surface area contributed by atoms with E-state index in [1.807, 2.05) is 0 Å². The third kappa shape index (κ3) is 4.59. The molecular formula is C20H25N3O9. The number of amides is 2. The molecule has 5 atom stereocenters. The summed E-state index contributed by atoms with van der Waals surface area (Å²) in [5.74, 6) is -2.93. The molecule has 12 heteroatoms. The lowest BCUT2D eigenvalue weighted by Crippen LogP contribution is -2.59. The number of ether oxygens (including phenoxy) is 5. The van der Waals surface area contributed by atoms with E-state index in [1.165, 1.54) is 24.3 Å². The first-order chi connectivity index (χ1) is 14.9. The van der Waals surface area contributed by atoms with E-state index in [0.717, 1.165) is 0 Å². The Balaban J connectivity index is 1.38. The number of hydrogen-bond donors (Lipinski definition) is 2. The van der Waals surface area contributed by atoms with Crippen LogP contribution in [0.2, 0.25) is 0 Å². The maximum atomic E-state index is 12.9. The summed E-state index contributed by atoms with van der Waals surface area (Å²) in [4.78, 5) is 35.2. The Morgan fingerprint density at radius 1 is 0.969 bits per heavy atom. The molecule has 2 amide bonds. The summed E-state index contributed by atoms with van der Waals surface area (Å²) in [5.41, 5.74) is 0.265. The minimum atomic E-state index is -1.08. The van der Waals surface area contributed by atoms with Crippen LogP contribution in [0.25, 0.3) is 0 Å². The average molecular weight is 451 g/mol. The van der Waals surface area contributed by atoms with Crippen LogP contribution in [0, 0.1) is 10.1 Å². The fraction of sp³-hybridized carbons (Fsp3) is 0.600. The van der Waals surface area contributed by atoms with Gasteiger partial charge in [0.05, 0.1) is 11.5 Å². The van der Waals surface area contributed by atoms with E-state index in [9.17, 15) is 19.7 Å². The second-order valence-electron chi connectivity index (χ2n) is 8.66. The van der Waals surface area contributed by atoms with Crippen molar-refractivity contribution in [2.45, 2.75) is 70.0 Å². The highest BCUT2D eigenvalue weighted by molar-refractivity contribution is 5.95. The lowest BCUT2D eigenvalue weighted by Gasteiger charge is -2.36. The predicted octanol–water partition coefficient (Wildman–Crippen LogP) is 1.05. The van der Waals surface area contributed by atoms with Crippen LogP contribution in [-0.4, -0.2) is 65.6 Å². The minimum Gasteiger partial charge on any atom is -0.345 e. The smallest absolute Gasteiger partial charge is 0.269 e. The van der Waals surface area contributed by atoms with Gasteiger partial charge in [-0.05, 0) is 39.8 Å². The number of carbonyl (C=O) groups is 2. The number of nitro groups is 1. The van der Waals surface area contributed by atoms with Crippen molar-refractivity contribution in [3.05, 3.63) is 34.4 Å². The molecule has 4 rings (SSSR count). The third-order valence-corrected chi connectivity index (χ3v) is 5.20. The maximum absolute atomic E-state index is 12.9. The standard InChI is InChI=1S/C20H25N3O9/c1-19(2)29-13-14(30-19)16-18(32-20(3,4)31-16)28-15(13)17(25)21-9-12(24)22-10-5-7-11(8-6-10)23(26)27/h5-8,13-16,18H,9H2,1-4H3,(H,21,25)(H,22,24). The molecule has 0 bridgehead atoms. The van der Waals surface area contributed by atoms with Crippen molar-refractivity contribution in [1.29, 1.82) is 0 Å². The second-order valence-corrected chi connectivity index (χ2v) is 8.66. The highest BCUT2D eigenvalue weighted by Crippen LogP contribution is 2.44. The molecule has 0 aliphatic carbocycles. The van der Waals surface area contributed by atoms with Gasteiger partial charge in [0.25, 0.3) is 11.6 Å². The van der Waals surface area contributed by atoms with Crippen LogP contribution < -0.4 is 10.6 Å². The number of carbonyl (C=O) groups excluding carboxylic acids is 2. The molecule has 0 spiro atoms. The molecule has 1 aromatic carbocycles. The first kappa shape index (κ1) is 22.6. The van der Waals surface area contributed by atoms with Crippen LogP contribution in [0.3, 0.4) is 0 Å². The Kier molecular flexibility index (Phi) is 5.67. The van der Waals surface area contributed by atoms with Gasteiger partial charge in [-0.2, -0.15) is 0 Å². The molecule has 32 heavy (non-hydrogen) atoms. The molecule has 0 aromatic heterocycles. The van der Waals surface area contributed by atoms with E-state index in [-0.39, 0.29) is 12.2 Å². The van der Waals surface area contributed by atoms with Gasteiger partial charge in [0, 0.05) is 17.8 Å². The number of non-ortho nitro benzene ring substituents is 1. The summed E-state index contributed by atoms with van der Waals surface area (Å²) in [5, 5.41) is 15.8. The number of benzene rings is 1. The van der Waals surface area contributed by atoms with Crippen molar-refractivity contribution < 1.29 is 38.2 Å². The van der Waals surface area contributed by atoms with Gasteiger partial charge in [-0.1, -0.05) is 0 Å². The SMILES string of the molecule is CC1(C)OC2OC(C(=O)NCC(=O)Nc3ccc([N+](=O)[O-])cc3)C3OC(C)(C)OC3C2O1. The molecule has 5 unspecified atom stereocenters.